The first kappa shape index (κ1) is 11.8. The fraction of sp³-hybridized carbons (Fsp3) is 0.0909. The van der Waals surface area contributed by atoms with Crippen molar-refractivity contribution < 1.29 is 9.90 Å². The van der Waals surface area contributed by atoms with Gasteiger partial charge in [0.15, 0.2) is 0 Å². The normalized spacial score (nSPS) is 12.3. The number of carboxylic acids is 1. The van der Waals surface area contributed by atoms with Crippen molar-refractivity contribution in [3.05, 3.63) is 47.7 Å². The summed E-state index contributed by atoms with van der Waals surface area (Å²) >= 11 is 0. The number of hydrogen-bond donors (Lipinski definition) is 3. The number of allylic oxidation sites excluding steroid dienone is 1. The molecule has 5 heteroatoms. The zero-order valence-electron chi connectivity index (χ0n) is 8.84. The molecule has 0 aliphatic carbocycles. The van der Waals surface area contributed by atoms with Crippen LogP contribution in [-0.2, 0) is 4.79 Å². The van der Waals surface area contributed by atoms with Crippen molar-refractivity contribution >= 4 is 11.7 Å². The number of benzene rings is 1. The summed E-state index contributed by atoms with van der Waals surface area (Å²) in [4.78, 5) is 10.6. The predicted octanol–water partition coefficient (Wildman–Crippen LogP) is 0.537. The third kappa shape index (κ3) is 3.13. The summed E-state index contributed by atoms with van der Waals surface area (Å²) in [6.07, 6.45) is 1.31. The Labute approximate surface area is 93.3 Å². The number of nitrogens with one attached hydrogen (secondary N) is 1. The highest BCUT2D eigenvalue weighted by Crippen LogP contribution is 2.03. The number of hydrogen-bond acceptors (Lipinski definition) is 4. The SMILES string of the molecule is CNN=C(C=C(N)C(=O)O)c1ccccc1. The number of hydrazone groups is 1. The van der Waals surface area contributed by atoms with Gasteiger partial charge in [-0.2, -0.15) is 5.10 Å². The van der Waals surface area contributed by atoms with Gasteiger partial charge in [-0.25, -0.2) is 4.79 Å². The third-order valence-electron chi connectivity index (χ3n) is 1.84. The van der Waals surface area contributed by atoms with E-state index >= 15 is 0 Å². The van der Waals surface area contributed by atoms with E-state index in [2.05, 4.69) is 10.5 Å². The molecule has 4 N–H and O–H groups in total. The van der Waals surface area contributed by atoms with E-state index in [0.717, 1.165) is 5.56 Å². The molecule has 1 rings (SSSR count). The smallest absolute Gasteiger partial charge is 0.351 e. The van der Waals surface area contributed by atoms with E-state index in [9.17, 15) is 4.79 Å². The van der Waals surface area contributed by atoms with Crippen molar-refractivity contribution in [2.24, 2.45) is 10.8 Å². The number of rotatable bonds is 4. The highest BCUT2D eigenvalue weighted by Gasteiger charge is 2.05. The summed E-state index contributed by atoms with van der Waals surface area (Å²) in [5, 5.41) is 12.6. The van der Waals surface area contributed by atoms with Crippen LogP contribution in [-0.4, -0.2) is 23.8 Å². The lowest BCUT2D eigenvalue weighted by molar-refractivity contribution is -0.132. The van der Waals surface area contributed by atoms with Gasteiger partial charge in [0.2, 0.25) is 0 Å². The molecule has 0 bridgehead atoms. The number of aliphatic carboxylic acids is 1. The Morgan fingerprint density at radius 3 is 2.56 bits per heavy atom. The summed E-state index contributed by atoms with van der Waals surface area (Å²) in [5.41, 5.74) is 8.96. The second-order valence-electron chi connectivity index (χ2n) is 2.99. The molecule has 5 nitrogen and oxygen atoms in total. The zero-order valence-corrected chi connectivity index (χ0v) is 8.84. The summed E-state index contributed by atoms with van der Waals surface area (Å²) in [6.45, 7) is 0. The van der Waals surface area contributed by atoms with Gasteiger partial charge in [-0.3, -0.25) is 0 Å². The molecule has 0 saturated heterocycles. The average Bonchev–Trinajstić information content (AvgIpc) is 2.29. The first-order chi connectivity index (χ1) is 7.65. The fourth-order valence-corrected chi connectivity index (χ4v) is 1.12. The van der Waals surface area contributed by atoms with Crippen molar-refractivity contribution in [3.63, 3.8) is 0 Å². The molecule has 0 radical (unpaired) electrons. The molecule has 1 aromatic carbocycles. The molecule has 0 aromatic heterocycles. The van der Waals surface area contributed by atoms with Crippen LogP contribution in [0.2, 0.25) is 0 Å². The fourth-order valence-electron chi connectivity index (χ4n) is 1.12. The molecule has 0 atom stereocenters. The molecule has 0 heterocycles. The van der Waals surface area contributed by atoms with E-state index < -0.39 is 5.97 Å². The van der Waals surface area contributed by atoms with Crippen molar-refractivity contribution in [1.82, 2.24) is 5.43 Å². The lowest BCUT2D eigenvalue weighted by Gasteiger charge is -2.02. The molecular formula is C11H13N3O2. The van der Waals surface area contributed by atoms with E-state index in [0.29, 0.717) is 5.71 Å². The van der Waals surface area contributed by atoms with E-state index in [1.54, 1.807) is 7.05 Å². The van der Waals surface area contributed by atoms with E-state index in [1.165, 1.54) is 6.08 Å². The molecule has 16 heavy (non-hydrogen) atoms. The van der Waals surface area contributed by atoms with E-state index in [4.69, 9.17) is 10.8 Å². The molecule has 0 saturated carbocycles. The third-order valence-corrected chi connectivity index (χ3v) is 1.84. The molecule has 84 valence electrons. The first-order valence-electron chi connectivity index (χ1n) is 4.65. The minimum atomic E-state index is -1.17. The summed E-state index contributed by atoms with van der Waals surface area (Å²) in [5.74, 6) is -1.17. The van der Waals surface area contributed by atoms with Crippen LogP contribution in [0.5, 0.6) is 0 Å². The van der Waals surface area contributed by atoms with Gasteiger partial charge in [0.05, 0.1) is 5.71 Å². The number of nitrogens with two attached hydrogens (primary N) is 1. The Bertz CT molecular complexity index is 424. The maximum absolute atomic E-state index is 10.6. The molecule has 0 aliphatic heterocycles. The maximum atomic E-state index is 10.6. The summed E-state index contributed by atoms with van der Waals surface area (Å²) in [7, 11) is 1.63. The lowest BCUT2D eigenvalue weighted by atomic mass is 10.1. The summed E-state index contributed by atoms with van der Waals surface area (Å²) in [6, 6.07) is 9.19. The minimum Gasteiger partial charge on any atom is -0.477 e. The number of nitrogens with zero attached hydrogens (tertiary/aromatic N) is 1. The number of carbonyl (C=O) groups is 1. The second-order valence-corrected chi connectivity index (χ2v) is 2.99. The van der Waals surface area contributed by atoms with Gasteiger partial charge in [-0.1, -0.05) is 30.3 Å². The Balaban J connectivity index is 3.08. The van der Waals surface area contributed by atoms with Crippen LogP contribution < -0.4 is 11.2 Å². The van der Waals surface area contributed by atoms with Crippen molar-refractivity contribution in [1.29, 1.82) is 0 Å². The molecule has 0 aliphatic rings. The Morgan fingerprint density at radius 1 is 1.44 bits per heavy atom. The maximum Gasteiger partial charge on any atom is 0.351 e. The Morgan fingerprint density at radius 2 is 2.06 bits per heavy atom. The summed E-state index contributed by atoms with van der Waals surface area (Å²) < 4.78 is 0. The Hall–Kier alpha value is -2.30. The molecule has 0 fully saturated rings. The number of carboxylic acid groups (broad SMARTS) is 1. The van der Waals surface area contributed by atoms with Crippen LogP contribution in [0, 0.1) is 0 Å². The van der Waals surface area contributed by atoms with Crippen LogP contribution in [0.4, 0.5) is 0 Å². The predicted molar refractivity (Wildman–Crippen MR) is 61.9 cm³/mol. The van der Waals surface area contributed by atoms with Crippen LogP contribution in [0.3, 0.4) is 0 Å². The lowest BCUT2D eigenvalue weighted by Crippen LogP contribution is -2.14. The largest absolute Gasteiger partial charge is 0.477 e. The standard InChI is InChI=1S/C11H13N3O2/c1-13-14-10(7-9(12)11(15)16)8-5-3-2-4-6-8/h2-7,13H,12H2,1H3,(H,15,16). The molecule has 0 unspecified atom stereocenters. The van der Waals surface area contributed by atoms with Crippen molar-refractivity contribution in [3.8, 4) is 0 Å². The van der Waals surface area contributed by atoms with E-state index in [-0.39, 0.29) is 5.70 Å². The van der Waals surface area contributed by atoms with E-state index in [1.807, 2.05) is 30.3 Å². The topological polar surface area (TPSA) is 87.7 Å². The van der Waals surface area contributed by atoms with Gasteiger partial charge in [0.1, 0.15) is 5.70 Å². The first-order valence-corrected chi connectivity index (χ1v) is 4.65. The van der Waals surface area contributed by atoms with Crippen LogP contribution in [0.1, 0.15) is 5.56 Å². The monoisotopic (exact) mass is 219 g/mol. The van der Waals surface area contributed by atoms with Gasteiger partial charge in [-0.15, -0.1) is 0 Å². The van der Waals surface area contributed by atoms with Gasteiger partial charge >= 0.3 is 5.97 Å². The van der Waals surface area contributed by atoms with Crippen LogP contribution in [0.15, 0.2) is 47.2 Å². The highest BCUT2D eigenvalue weighted by molar-refractivity contribution is 6.11. The van der Waals surface area contributed by atoms with Gasteiger partial charge in [0.25, 0.3) is 0 Å². The second kappa shape index (κ2) is 5.55. The minimum absolute atomic E-state index is 0.252. The van der Waals surface area contributed by atoms with Crippen LogP contribution >= 0.6 is 0 Å². The average molecular weight is 219 g/mol. The van der Waals surface area contributed by atoms with Crippen molar-refractivity contribution in [2.75, 3.05) is 7.05 Å². The van der Waals surface area contributed by atoms with Crippen LogP contribution in [0.25, 0.3) is 0 Å². The molecule has 0 spiro atoms. The van der Waals surface area contributed by atoms with Crippen molar-refractivity contribution in [2.45, 2.75) is 0 Å². The molecule has 0 amide bonds. The highest BCUT2D eigenvalue weighted by atomic mass is 16.4. The van der Waals surface area contributed by atoms with Gasteiger partial charge in [-0.05, 0) is 6.08 Å². The zero-order chi connectivity index (χ0) is 12.0. The molecular weight excluding hydrogens is 206 g/mol. The molecule has 1 aromatic rings. The van der Waals surface area contributed by atoms with Gasteiger partial charge < -0.3 is 16.3 Å². The van der Waals surface area contributed by atoms with Gasteiger partial charge in [0, 0.05) is 12.6 Å². The quantitative estimate of drug-likeness (QED) is 0.392. The Kier molecular flexibility index (Phi) is 4.08.